The minimum absolute atomic E-state index is 0.260. The summed E-state index contributed by atoms with van der Waals surface area (Å²) in [7, 11) is 0. The number of imidazole rings is 1. The summed E-state index contributed by atoms with van der Waals surface area (Å²) in [6.07, 6.45) is 3.04. The average molecular weight is 349 g/mol. The van der Waals surface area contributed by atoms with Crippen LogP contribution in [0.5, 0.6) is 0 Å². The van der Waals surface area contributed by atoms with Crippen LogP contribution < -0.4 is 0 Å². The standard InChI is InChI=1S/C12H14BrFN2S2/c1-3-7(6-18-2)16-11-5-9(14)8(13)4-10(11)15-12(16)17/h4-5,7H,3,6H2,1-2H3,(H,15,17). The van der Waals surface area contributed by atoms with Gasteiger partial charge in [-0.1, -0.05) is 6.92 Å². The highest BCUT2D eigenvalue weighted by molar-refractivity contribution is 9.10. The number of thioether (sulfide) groups is 1. The summed E-state index contributed by atoms with van der Waals surface area (Å²) in [6, 6.07) is 3.57. The first-order chi connectivity index (χ1) is 8.58. The smallest absolute Gasteiger partial charge is 0.178 e. The van der Waals surface area contributed by atoms with Crippen molar-refractivity contribution >= 4 is 50.9 Å². The average Bonchev–Trinajstić information content (AvgIpc) is 2.63. The first-order valence-electron chi connectivity index (χ1n) is 5.66. The van der Waals surface area contributed by atoms with Crippen LogP contribution in [-0.2, 0) is 0 Å². The van der Waals surface area contributed by atoms with Gasteiger partial charge in [-0.05, 0) is 46.9 Å². The van der Waals surface area contributed by atoms with E-state index in [2.05, 4.69) is 34.1 Å². The number of H-pyrrole nitrogens is 1. The molecule has 1 unspecified atom stereocenters. The Morgan fingerprint density at radius 1 is 1.56 bits per heavy atom. The van der Waals surface area contributed by atoms with E-state index in [1.807, 2.05) is 4.57 Å². The number of aromatic amines is 1. The third-order valence-corrected chi connectivity index (χ3v) is 4.58. The summed E-state index contributed by atoms with van der Waals surface area (Å²) in [6.45, 7) is 2.12. The fourth-order valence-corrected chi connectivity index (χ4v) is 3.52. The highest BCUT2D eigenvalue weighted by Gasteiger charge is 2.15. The van der Waals surface area contributed by atoms with Crippen LogP contribution in [0, 0.1) is 10.6 Å². The van der Waals surface area contributed by atoms with Gasteiger partial charge in [0.05, 0.1) is 15.5 Å². The van der Waals surface area contributed by atoms with Gasteiger partial charge in [-0.15, -0.1) is 0 Å². The first-order valence-corrected chi connectivity index (χ1v) is 8.26. The van der Waals surface area contributed by atoms with Crippen molar-refractivity contribution in [2.24, 2.45) is 0 Å². The normalized spacial score (nSPS) is 13.1. The van der Waals surface area contributed by atoms with Crippen LogP contribution in [0.3, 0.4) is 0 Å². The molecule has 1 aromatic heterocycles. The minimum Gasteiger partial charge on any atom is -0.331 e. The Hall–Kier alpha value is -0.330. The molecule has 2 rings (SSSR count). The van der Waals surface area contributed by atoms with Crippen molar-refractivity contribution in [3.8, 4) is 0 Å². The fourth-order valence-electron chi connectivity index (χ4n) is 2.05. The van der Waals surface area contributed by atoms with Gasteiger partial charge in [-0.2, -0.15) is 11.8 Å². The topological polar surface area (TPSA) is 20.7 Å². The summed E-state index contributed by atoms with van der Waals surface area (Å²) < 4.78 is 16.8. The molecule has 2 aromatic rings. The van der Waals surface area contributed by atoms with Gasteiger partial charge in [0, 0.05) is 17.9 Å². The molecule has 1 aromatic carbocycles. The second-order valence-corrected chi connectivity index (χ2v) is 6.25. The Balaban J connectivity index is 2.66. The molecule has 1 N–H and O–H groups in total. The molecule has 1 heterocycles. The van der Waals surface area contributed by atoms with Crippen LogP contribution in [0.25, 0.3) is 11.0 Å². The highest BCUT2D eigenvalue weighted by atomic mass is 79.9. The zero-order valence-corrected chi connectivity index (χ0v) is 13.4. The highest BCUT2D eigenvalue weighted by Crippen LogP contribution is 2.27. The lowest BCUT2D eigenvalue weighted by Gasteiger charge is -2.16. The molecule has 98 valence electrons. The maximum atomic E-state index is 13.7. The maximum absolute atomic E-state index is 13.7. The van der Waals surface area contributed by atoms with Gasteiger partial charge in [-0.25, -0.2) is 4.39 Å². The predicted octanol–water partition coefficient (Wildman–Crippen LogP) is 4.91. The lowest BCUT2D eigenvalue weighted by atomic mass is 10.2. The molecule has 2 nitrogen and oxygen atoms in total. The molecular weight excluding hydrogens is 335 g/mol. The second-order valence-electron chi connectivity index (χ2n) is 4.10. The number of hydrogen-bond acceptors (Lipinski definition) is 2. The summed E-state index contributed by atoms with van der Waals surface area (Å²) in [5, 5.41) is 0. The van der Waals surface area contributed by atoms with E-state index in [4.69, 9.17) is 12.2 Å². The van der Waals surface area contributed by atoms with Gasteiger partial charge in [0.15, 0.2) is 4.77 Å². The molecule has 0 saturated heterocycles. The quantitative estimate of drug-likeness (QED) is 0.792. The Labute approximate surface area is 123 Å². The maximum Gasteiger partial charge on any atom is 0.178 e. The van der Waals surface area contributed by atoms with Crippen molar-refractivity contribution in [1.29, 1.82) is 0 Å². The van der Waals surface area contributed by atoms with Crippen molar-refractivity contribution in [2.75, 3.05) is 12.0 Å². The van der Waals surface area contributed by atoms with E-state index in [0.717, 1.165) is 23.2 Å². The summed E-state index contributed by atoms with van der Waals surface area (Å²) in [5.74, 6) is 0.708. The zero-order chi connectivity index (χ0) is 13.3. The van der Waals surface area contributed by atoms with Crippen LogP contribution in [0.1, 0.15) is 19.4 Å². The number of nitrogens with zero attached hydrogens (tertiary/aromatic N) is 1. The second kappa shape index (κ2) is 5.75. The molecule has 6 heteroatoms. The van der Waals surface area contributed by atoms with Gasteiger partial charge < -0.3 is 9.55 Å². The number of aromatic nitrogens is 2. The number of benzene rings is 1. The Kier molecular flexibility index (Phi) is 4.50. The van der Waals surface area contributed by atoms with Crippen LogP contribution in [0.2, 0.25) is 0 Å². The third kappa shape index (κ3) is 2.51. The van der Waals surface area contributed by atoms with E-state index < -0.39 is 0 Å². The van der Waals surface area contributed by atoms with E-state index in [9.17, 15) is 4.39 Å². The number of fused-ring (bicyclic) bond motifs is 1. The predicted molar refractivity (Wildman–Crippen MR) is 82.5 cm³/mol. The van der Waals surface area contributed by atoms with Gasteiger partial charge in [0.1, 0.15) is 5.82 Å². The van der Waals surface area contributed by atoms with E-state index in [-0.39, 0.29) is 5.82 Å². The zero-order valence-electron chi connectivity index (χ0n) is 10.2. The van der Waals surface area contributed by atoms with Gasteiger partial charge in [0.25, 0.3) is 0 Å². The largest absolute Gasteiger partial charge is 0.331 e. The number of hydrogen-bond donors (Lipinski definition) is 1. The molecule has 0 amide bonds. The SMILES string of the molecule is CCC(CSC)n1c(=S)[nH]c2cc(Br)c(F)cc21. The fraction of sp³-hybridized carbons (Fsp3) is 0.417. The molecule has 0 saturated carbocycles. The van der Waals surface area contributed by atoms with E-state index in [1.165, 1.54) is 6.07 Å². The van der Waals surface area contributed by atoms with E-state index >= 15 is 0 Å². The summed E-state index contributed by atoms with van der Waals surface area (Å²) in [5.41, 5.74) is 1.70. The lowest BCUT2D eigenvalue weighted by molar-refractivity contribution is 0.546. The molecule has 0 aliphatic heterocycles. The summed E-state index contributed by atoms with van der Waals surface area (Å²) in [4.78, 5) is 3.14. The van der Waals surface area contributed by atoms with Crippen molar-refractivity contribution < 1.29 is 4.39 Å². The molecule has 0 spiro atoms. The Morgan fingerprint density at radius 3 is 2.89 bits per heavy atom. The summed E-state index contributed by atoms with van der Waals surface area (Å²) >= 11 is 10.3. The van der Waals surface area contributed by atoms with Gasteiger partial charge in [-0.3, -0.25) is 0 Å². The molecule has 1 atom stereocenters. The first kappa shape index (κ1) is 14.1. The van der Waals surface area contributed by atoms with Gasteiger partial charge in [0.2, 0.25) is 0 Å². The lowest BCUT2D eigenvalue weighted by Crippen LogP contribution is -2.10. The number of rotatable bonds is 4. The van der Waals surface area contributed by atoms with Crippen LogP contribution in [0.4, 0.5) is 4.39 Å². The monoisotopic (exact) mass is 348 g/mol. The van der Waals surface area contributed by atoms with Crippen molar-refractivity contribution in [3.63, 3.8) is 0 Å². The van der Waals surface area contributed by atoms with E-state index in [1.54, 1.807) is 17.8 Å². The molecule has 0 aliphatic carbocycles. The molecule has 0 radical (unpaired) electrons. The van der Waals surface area contributed by atoms with Crippen LogP contribution >= 0.6 is 39.9 Å². The van der Waals surface area contributed by atoms with Gasteiger partial charge >= 0.3 is 0 Å². The molecule has 0 fully saturated rings. The van der Waals surface area contributed by atoms with Crippen LogP contribution in [0.15, 0.2) is 16.6 Å². The Morgan fingerprint density at radius 2 is 2.28 bits per heavy atom. The molecule has 18 heavy (non-hydrogen) atoms. The molecule has 0 aliphatic rings. The minimum atomic E-state index is -0.260. The number of halogens is 2. The van der Waals surface area contributed by atoms with Crippen molar-refractivity contribution in [2.45, 2.75) is 19.4 Å². The van der Waals surface area contributed by atoms with Crippen molar-refractivity contribution in [3.05, 3.63) is 27.2 Å². The van der Waals surface area contributed by atoms with Crippen LogP contribution in [-0.4, -0.2) is 21.6 Å². The Bertz CT molecular complexity index is 620. The molecular formula is C12H14BrFN2S2. The van der Waals surface area contributed by atoms with E-state index in [0.29, 0.717) is 15.3 Å². The van der Waals surface area contributed by atoms with Crippen molar-refractivity contribution in [1.82, 2.24) is 9.55 Å². The molecule has 0 bridgehead atoms. The third-order valence-electron chi connectivity index (χ3n) is 2.95. The number of nitrogens with one attached hydrogen (secondary N) is 1.